The van der Waals surface area contributed by atoms with Gasteiger partial charge in [-0.15, -0.1) is 0 Å². The number of benzene rings is 1. The zero-order valence-electron chi connectivity index (χ0n) is 13.2. The highest BCUT2D eigenvalue weighted by molar-refractivity contribution is 5.68. The van der Waals surface area contributed by atoms with E-state index in [-0.39, 0.29) is 17.5 Å². The minimum absolute atomic E-state index is 0.0760. The number of halogens is 3. The average molecular weight is 345 g/mol. The zero-order valence-corrected chi connectivity index (χ0v) is 13.2. The van der Waals surface area contributed by atoms with E-state index in [4.69, 9.17) is 0 Å². The predicted molar refractivity (Wildman–Crippen MR) is 89.5 cm³/mol. The van der Waals surface area contributed by atoms with E-state index in [1.807, 2.05) is 6.07 Å². The molecule has 0 fully saturated rings. The summed E-state index contributed by atoms with van der Waals surface area (Å²) in [5.74, 6) is 0.531. The molecule has 0 radical (unpaired) electrons. The lowest BCUT2D eigenvalue weighted by molar-refractivity contribution is -0.136. The highest BCUT2D eigenvalue weighted by Crippen LogP contribution is 2.36. The van der Waals surface area contributed by atoms with Crippen LogP contribution in [0, 0.1) is 0 Å². The molecule has 0 aliphatic heterocycles. The number of rotatable bonds is 4. The topological polar surface area (TPSA) is 62.7 Å². The van der Waals surface area contributed by atoms with Gasteiger partial charge >= 0.3 is 6.18 Å². The first-order chi connectivity index (χ1) is 12.0. The second-order valence-corrected chi connectivity index (χ2v) is 5.12. The number of hydrogen-bond acceptors (Lipinski definition) is 5. The van der Waals surface area contributed by atoms with Crippen molar-refractivity contribution in [3.8, 4) is 11.3 Å². The molecule has 5 nitrogen and oxygen atoms in total. The van der Waals surface area contributed by atoms with Gasteiger partial charge in [0.15, 0.2) is 0 Å². The number of para-hydroxylation sites is 1. The number of alkyl halides is 3. The SMILES string of the molecule is CNc1nc(Nc2ccccc2C(F)(F)F)cc(-c2cccnc2)n1. The number of hydrogen-bond donors (Lipinski definition) is 2. The van der Waals surface area contributed by atoms with Crippen molar-refractivity contribution in [1.29, 1.82) is 0 Å². The lowest BCUT2D eigenvalue weighted by Gasteiger charge is -2.15. The summed E-state index contributed by atoms with van der Waals surface area (Å²) in [5.41, 5.74) is 0.434. The quantitative estimate of drug-likeness (QED) is 0.736. The first-order valence-corrected chi connectivity index (χ1v) is 7.38. The van der Waals surface area contributed by atoms with Crippen molar-refractivity contribution in [2.24, 2.45) is 0 Å². The minimum atomic E-state index is -4.46. The first-order valence-electron chi connectivity index (χ1n) is 7.38. The summed E-state index contributed by atoms with van der Waals surface area (Å²) in [7, 11) is 1.63. The van der Waals surface area contributed by atoms with Gasteiger partial charge in [-0.2, -0.15) is 18.2 Å². The molecule has 0 aliphatic carbocycles. The summed E-state index contributed by atoms with van der Waals surface area (Å²) < 4.78 is 39.4. The Bertz CT molecular complexity index is 866. The van der Waals surface area contributed by atoms with Gasteiger partial charge in [0.2, 0.25) is 5.95 Å². The molecule has 128 valence electrons. The normalized spacial score (nSPS) is 11.2. The fourth-order valence-electron chi connectivity index (χ4n) is 2.26. The number of nitrogens with one attached hydrogen (secondary N) is 2. The lowest BCUT2D eigenvalue weighted by Crippen LogP contribution is -2.09. The van der Waals surface area contributed by atoms with E-state index >= 15 is 0 Å². The van der Waals surface area contributed by atoms with Crippen LogP contribution in [0.5, 0.6) is 0 Å². The Morgan fingerprint density at radius 3 is 2.48 bits per heavy atom. The van der Waals surface area contributed by atoms with Crippen LogP contribution >= 0.6 is 0 Å². The van der Waals surface area contributed by atoms with Crippen LogP contribution < -0.4 is 10.6 Å². The van der Waals surface area contributed by atoms with E-state index in [2.05, 4.69) is 25.6 Å². The van der Waals surface area contributed by atoms with Crippen LogP contribution in [0.3, 0.4) is 0 Å². The Morgan fingerprint density at radius 2 is 1.80 bits per heavy atom. The van der Waals surface area contributed by atoms with Crippen molar-refractivity contribution < 1.29 is 13.2 Å². The van der Waals surface area contributed by atoms with Crippen LogP contribution in [-0.4, -0.2) is 22.0 Å². The van der Waals surface area contributed by atoms with Crippen LogP contribution in [0.4, 0.5) is 30.6 Å². The van der Waals surface area contributed by atoms with Crippen LogP contribution in [0.15, 0.2) is 54.9 Å². The highest BCUT2D eigenvalue weighted by Gasteiger charge is 2.33. The van der Waals surface area contributed by atoms with Crippen molar-refractivity contribution >= 4 is 17.5 Å². The summed E-state index contributed by atoms with van der Waals surface area (Å²) in [4.78, 5) is 12.5. The molecule has 0 unspecified atom stereocenters. The van der Waals surface area contributed by atoms with Gasteiger partial charge in [0.25, 0.3) is 0 Å². The molecule has 2 heterocycles. The molecule has 0 bridgehead atoms. The molecule has 0 amide bonds. The fourth-order valence-corrected chi connectivity index (χ4v) is 2.26. The third-order valence-electron chi connectivity index (χ3n) is 3.40. The predicted octanol–water partition coefficient (Wildman–Crippen LogP) is 4.34. The molecule has 1 aromatic carbocycles. The van der Waals surface area contributed by atoms with Crippen molar-refractivity contribution in [3.63, 3.8) is 0 Å². The smallest absolute Gasteiger partial charge is 0.357 e. The molecule has 0 saturated heterocycles. The van der Waals surface area contributed by atoms with Crippen molar-refractivity contribution in [2.45, 2.75) is 6.18 Å². The third kappa shape index (κ3) is 3.85. The van der Waals surface area contributed by atoms with Gasteiger partial charge in [0.1, 0.15) is 5.82 Å². The van der Waals surface area contributed by atoms with Gasteiger partial charge in [-0.25, -0.2) is 4.98 Å². The van der Waals surface area contributed by atoms with Crippen LogP contribution in [0.2, 0.25) is 0 Å². The average Bonchev–Trinajstić information content (AvgIpc) is 2.61. The van der Waals surface area contributed by atoms with Crippen molar-refractivity contribution in [3.05, 3.63) is 60.4 Å². The Morgan fingerprint density at radius 1 is 1.00 bits per heavy atom. The van der Waals surface area contributed by atoms with E-state index in [0.29, 0.717) is 5.69 Å². The van der Waals surface area contributed by atoms with E-state index in [1.165, 1.54) is 18.2 Å². The van der Waals surface area contributed by atoms with Crippen molar-refractivity contribution in [2.75, 3.05) is 17.7 Å². The Balaban J connectivity index is 2.02. The van der Waals surface area contributed by atoms with Gasteiger partial charge in [0.05, 0.1) is 16.9 Å². The molecule has 3 rings (SSSR count). The molecule has 0 saturated carbocycles. The molecular weight excluding hydrogens is 331 g/mol. The van der Waals surface area contributed by atoms with Crippen LogP contribution in [-0.2, 0) is 6.18 Å². The maximum absolute atomic E-state index is 13.1. The maximum atomic E-state index is 13.1. The molecule has 2 aromatic heterocycles. The molecule has 0 aliphatic rings. The van der Waals surface area contributed by atoms with Gasteiger partial charge in [-0.05, 0) is 24.3 Å². The van der Waals surface area contributed by atoms with Crippen LogP contribution in [0.25, 0.3) is 11.3 Å². The summed E-state index contributed by atoms with van der Waals surface area (Å²) in [6, 6.07) is 10.4. The monoisotopic (exact) mass is 345 g/mol. The van der Waals surface area contributed by atoms with Crippen molar-refractivity contribution in [1.82, 2.24) is 15.0 Å². The van der Waals surface area contributed by atoms with E-state index in [1.54, 1.807) is 31.6 Å². The first kappa shape index (κ1) is 16.7. The van der Waals surface area contributed by atoms with Gasteiger partial charge in [-0.1, -0.05) is 12.1 Å². The number of aromatic nitrogens is 3. The highest BCUT2D eigenvalue weighted by atomic mass is 19.4. The molecular formula is C17H14F3N5. The summed E-state index contributed by atoms with van der Waals surface area (Å²) >= 11 is 0. The second-order valence-electron chi connectivity index (χ2n) is 5.12. The Kier molecular flexibility index (Phi) is 4.51. The summed E-state index contributed by atoms with van der Waals surface area (Å²) in [6.07, 6.45) is -1.22. The zero-order chi connectivity index (χ0) is 17.9. The summed E-state index contributed by atoms with van der Waals surface area (Å²) in [6.45, 7) is 0. The van der Waals surface area contributed by atoms with Gasteiger partial charge in [0, 0.05) is 31.1 Å². The van der Waals surface area contributed by atoms with Crippen LogP contribution in [0.1, 0.15) is 5.56 Å². The molecule has 8 heteroatoms. The van der Waals surface area contributed by atoms with E-state index in [9.17, 15) is 13.2 Å². The maximum Gasteiger partial charge on any atom is 0.418 e. The molecule has 3 aromatic rings. The molecule has 0 atom stereocenters. The Hall–Kier alpha value is -3.16. The molecule has 2 N–H and O–H groups in total. The van der Waals surface area contributed by atoms with E-state index < -0.39 is 11.7 Å². The summed E-state index contributed by atoms with van der Waals surface area (Å²) in [5, 5.41) is 5.54. The largest absolute Gasteiger partial charge is 0.418 e. The second kappa shape index (κ2) is 6.76. The molecule has 0 spiro atoms. The molecule has 25 heavy (non-hydrogen) atoms. The van der Waals surface area contributed by atoms with Gasteiger partial charge in [-0.3, -0.25) is 4.98 Å². The number of anilines is 3. The Labute approximate surface area is 142 Å². The minimum Gasteiger partial charge on any atom is -0.357 e. The number of nitrogens with zero attached hydrogens (tertiary/aromatic N) is 3. The van der Waals surface area contributed by atoms with Gasteiger partial charge < -0.3 is 10.6 Å². The van der Waals surface area contributed by atoms with E-state index in [0.717, 1.165) is 11.6 Å². The fraction of sp³-hybridized carbons (Fsp3) is 0.118. The third-order valence-corrected chi connectivity index (χ3v) is 3.40. The standard InChI is InChI=1S/C17H14F3N5/c1-21-16-24-14(11-5-4-8-22-10-11)9-15(25-16)23-13-7-3-2-6-12(13)17(18,19)20/h2-10H,1H3,(H2,21,23,24,25). The lowest BCUT2D eigenvalue weighted by atomic mass is 10.1. The number of pyridine rings is 1.